The van der Waals surface area contributed by atoms with E-state index in [0.717, 1.165) is 41.9 Å². The van der Waals surface area contributed by atoms with Crippen LogP contribution in [-0.2, 0) is 4.74 Å². The molecule has 0 amide bonds. The van der Waals surface area contributed by atoms with Crippen LogP contribution in [0.15, 0.2) is 84.9 Å². The highest BCUT2D eigenvalue weighted by atomic mass is 19.3. The molecule has 0 radical (unpaired) electrons. The van der Waals surface area contributed by atoms with Gasteiger partial charge in [0.05, 0.1) is 12.7 Å². The molecule has 2 nitrogen and oxygen atoms in total. The van der Waals surface area contributed by atoms with Crippen molar-refractivity contribution in [2.45, 2.75) is 57.7 Å². The van der Waals surface area contributed by atoms with Gasteiger partial charge in [-0.3, -0.25) is 0 Å². The molecule has 0 saturated carbocycles. The van der Waals surface area contributed by atoms with Gasteiger partial charge in [0.15, 0.2) is 17.5 Å². The zero-order valence-electron chi connectivity index (χ0n) is 24.8. The van der Waals surface area contributed by atoms with E-state index in [1.807, 2.05) is 24.3 Å². The summed E-state index contributed by atoms with van der Waals surface area (Å²) in [5.74, 6) is -5.61. The number of halogens is 6. The monoisotopic (exact) mass is 624 g/mol. The first-order chi connectivity index (χ1) is 21.6. The molecular formula is C37H34F6O2. The van der Waals surface area contributed by atoms with Crippen LogP contribution in [0.25, 0.3) is 28.3 Å². The van der Waals surface area contributed by atoms with Gasteiger partial charge in [-0.2, -0.15) is 8.78 Å². The van der Waals surface area contributed by atoms with Crippen molar-refractivity contribution in [3.05, 3.63) is 119 Å². The van der Waals surface area contributed by atoms with Crippen LogP contribution >= 0.6 is 0 Å². The van der Waals surface area contributed by atoms with Gasteiger partial charge in [-0.15, -0.1) is 0 Å². The Bertz CT molecular complexity index is 1580. The molecule has 236 valence electrons. The molecule has 0 aliphatic carbocycles. The van der Waals surface area contributed by atoms with E-state index in [-0.39, 0.29) is 17.2 Å². The van der Waals surface area contributed by atoms with E-state index in [4.69, 9.17) is 4.74 Å². The highest BCUT2D eigenvalue weighted by molar-refractivity contribution is 5.67. The fraction of sp³-hybridized carbons (Fsp3) is 0.297. The summed E-state index contributed by atoms with van der Waals surface area (Å²) < 4.78 is 94.8. The molecule has 1 saturated heterocycles. The van der Waals surface area contributed by atoms with E-state index in [1.165, 1.54) is 38.2 Å². The molecule has 0 bridgehead atoms. The molecule has 0 aromatic heterocycles. The summed E-state index contributed by atoms with van der Waals surface area (Å²) in [6, 6.07) is 19.3. The third-order valence-electron chi connectivity index (χ3n) is 8.07. The highest BCUT2D eigenvalue weighted by Gasteiger charge is 2.28. The lowest BCUT2D eigenvalue weighted by Gasteiger charge is -2.29. The Hall–Kier alpha value is -4.04. The van der Waals surface area contributed by atoms with Crippen molar-refractivity contribution in [3.63, 3.8) is 0 Å². The summed E-state index contributed by atoms with van der Waals surface area (Å²) in [6.45, 7) is 3.02. The molecule has 2 atom stereocenters. The van der Waals surface area contributed by atoms with Crippen LogP contribution in [0, 0.1) is 29.2 Å². The molecule has 5 rings (SSSR count). The molecular weight excluding hydrogens is 590 g/mol. The van der Waals surface area contributed by atoms with Crippen LogP contribution in [-0.4, -0.2) is 12.7 Å². The lowest BCUT2D eigenvalue weighted by atomic mass is 9.90. The molecule has 45 heavy (non-hydrogen) atoms. The molecule has 1 fully saturated rings. The van der Waals surface area contributed by atoms with E-state index in [9.17, 15) is 26.3 Å². The van der Waals surface area contributed by atoms with Crippen LogP contribution in [0.3, 0.4) is 0 Å². The van der Waals surface area contributed by atoms with Crippen LogP contribution in [0.4, 0.5) is 26.3 Å². The zero-order valence-corrected chi connectivity index (χ0v) is 24.8. The number of hydrogen-bond donors (Lipinski definition) is 0. The van der Waals surface area contributed by atoms with E-state index in [1.54, 1.807) is 12.1 Å². The topological polar surface area (TPSA) is 18.5 Å². The number of alkyl halides is 2. The van der Waals surface area contributed by atoms with Crippen molar-refractivity contribution in [2.75, 3.05) is 6.61 Å². The van der Waals surface area contributed by atoms with Crippen molar-refractivity contribution < 1.29 is 35.8 Å². The fourth-order valence-electron chi connectivity index (χ4n) is 5.55. The summed E-state index contributed by atoms with van der Waals surface area (Å²) in [4.78, 5) is 0. The largest absolute Gasteiger partial charge is 0.429 e. The van der Waals surface area contributed by atoms with Gasteiger partial charge in [0.2, 0.25) is 0 Å². The summed E-state index contributed by atoms with van der Waals surface area (Å²) in [5, 5.41) is 0. The van der Waals surface area contributed by atoms with Crippen molar-refractivity contribution in [1.29, 1.82) is 0 Å². The third-order valence-corrected chi connectivity index (χ3v) is 8.07. The first-order valence-electron chi connectivity index (χ1n) is 15.1. The predicted molar refractivity (Wildman–Crippen MR) is 164 cm³/mol. The Kier molecular flexibility index (Phi) is 10.3. The molecule has 1 aliphatic heterocycles. The predicted octanol–water partition coefficient (Wildman–Crippen LogP) is 11.3. The van der Waals surface area contributed by atoms with Gasteiger partial charge in [0, 0.05) is 17.7 Å². The second-order valence-corrected chi connectivity index (χ2v) is 11.4. The standard InChI is InChI=1S/C37H34F6O2/c1-2-3-4-5-25-8-17-35(44-23-25)28-13-11-27(12-14-28)26-9-6-24(7-10-26)18-19-37(42,43)45-30-15-16-31(32(38)22-30)29-20-33(39)36(41)34(40)21-29/h6-7,9-16,18-22,25,35H,2-5,8,17,23H2,1H3. The van der Waals surface area contributed by atoms with E-state index >= 15 is 0 Å². The van der Waals surface area contributed by atoms with E-state index in [2.05, 4.69) is 23.8 Å². The quantitative estimate of drug-likeness (QED) is 0.0939. The molecule has 0 spiro atoms. The van der Waals surface area contributed by atoms with Gasteiger partial charge >= 0.3 is 6.11 Å². The van der Waals surface area contributed by atoms with Crippen molar-refractivity contribution in [2.24, 2.45) is 5.92 Å². The van der Waals surface area contributed by atoms with Crippen molar-refractivity contribution in [1.82, 2.24) is 0 Å². The summed E-state index contributed by atoms with van der Waals surface area (Å²) in [6.07, 6.45) is 5.26. The zero-order chi connectivity index (χ0) is 32.0. The van der Waals surface area contributed by atoms with Gasteiger partial charge in [0.25, 0.3) is 0 Å². The van der Waals surface area contributed by atoms with E-state index < -0.39 is 35.1 Å². The van der Waals surface area contributed by atoms with Crippen LogP contribution in [0.2, 0.25) is 0 Å². The average molecular weight is 625 g/mol. The number of rotatable bonds is 11. The Morgan fingerprint density at radius 2 is 1.44 bits per heavy atom. The highest BCUT2D eigenvalue weighted by Crippen LogP contribution is 2.34. The van der Waals surface area contributed by atoms with Crippen LogP contribution in [0.1, 0.15) is 62.7 Å². The summed E-state index contributed by atoms with van der Waals surface area (Å²) in [5.41, 5.74) is 2.99. The average Bonchev–Trinajstić information content (AvgIpc) is 3.03. The second-order valence-electron chi connectivity index (χ2n) is 11.4. The van der Waals surface area contributed by atoms with Gasteiger partial charge in [0.1, 0.15) is 11.6 Å². The minimum absolute atomic E-state index is 0.108. The molecule has 8 heteroatoms. The summed E-state index contributed by atoms with van der Waals surface area (Å²) >= 11 is 0. The summed E-state index contributed by atoms with van der Waals surface area (Å²) in [7, 11) is 0. The van der Waals surface area contributed by atoms with Crippen molar-refractivity contribution >= 4 is 6.08 Å². The van der Waals surface area contributed by atoms with Gasteiger partial charge < -0.3 is 9.47 Å². The molecule has 4 aromatic rings. The van der Waals surface area contributed by atoms with Crippen molar-refractivity contribution in [3.8, 4) is 28.0 Å². The smallest absolute Gasteiger partial charge is 0.419 e. The number of ether oxygens (including phenoxy) is 2. The number of hydrogen-bond acceptors (Lipinski definition) is 2. The Morgan fingerprint density at radius 3 is 2.04 bits per heavy atom. The normalized spacial score (nSPS) is 17.1. The minimum Gasteiger partial charge on any atom is -0.429 e. The third kappa shape index (κ3) is 8.37. The number of unbranched alkanes of at least 4 members (excludes halogenated alkanes) is 2. The second kappa shape index (κ2) is 14.4. The molecule has 1 heterocycles. The molecule has 0 N–H and O–H groups in total. The van der Waals surface area contributed by atoms with Crippen LogP contribution < -0.4 is 4.74 Å². The lowest BCUT2D eigenvalue weighted by molar-refractivity contribution is -0.131. The number of benzene rings is 4. The fourth-order valence-corrected chi connectivity index (χ4v) is 5.55. The molecule has 1 aliphatic rings. The first kappa shape index (κ1) is 32.4. The van der Waals surface area contributed by atoms with Gasteiger partial charge in [-0.05, 0) is 83.3 Å². The lowest BCUT2D eigenvalue weighted by Crippen LogP contribution is -2.21. The molecule has 4 aromatic carbocycles. The van der Waals surface area contributed by atoms with Gasteiger partial charge in [-0.1, -0.05) is 74.7 Å². The van der Waals surface area contributed by atoms with Gasteiger partial charge in [-0.25, -0.2) is 17.6 Å². The minimum atomic E-state index is -3.78. The first-order valence-corrected chi connectivity index (χ1v) is 15.1. The SMILES string of the molecule is CCCCCC1CCC(c2ccc(-c3ccc(C=CC(F)(F)Oc4ccc(-c5cc(F)c(F)c(F)c5)c(F)c4)cc3)cc2)OC1. The maximum Gasteiger partial charge on any atom is 0.419 e. The Morgan fingerprint density at radius 1 is 0.778 bits per heavy atom. The maximum absolute atomic E-state index is 14.6. The molecule has 2 unspecified atom stereocenters. The Balaban J connectivity index is 1.17. The maximum atomic E-state index is 14.6. The van der Waals surface area contributed by atoms with Crippen LogP contribution in [0.5, 0.6) is 5.75 Å². The van der Waals surface area contributed by atoms with E-state index in [0.29, 0.717) is 35.8 Å². The Labute approximate surface area is 259 Å².